The lowest BCUT2D eigenvalue weighted by Crippen LogP contribution is -2.25. The molecule has 19 heavy (non-hydrogen) atoms. The van der Waals surface area contributed by atoms with Gasteiger partial charge in [-0.2, -0.15) is 5.10 Å². The summed E-state index contributed by atoms with van der Waals surface area (Å²) in [4.78, 5) is 19.0. The maximum Gasteiger partial charge on any atom is 0.224 e. The summed E-state index contributed by atoms with van der Waals surface area (Å²) in [6.45, 7) is 0.362. The summed E-state index contributed by atoms with van der Waals surface area (Å²) in [5.74, 6) is 0.605. The Hall–Kier alpha value is -2.63. The Morgan fingerprint density at radius 1 is 1.32 bits per heavy atom. The summed E-state index contributed by atoms with van der Waals surface area (Å²) in [6.07, 6.45) is 3.64. The van der Waals surface area contributed by atoms with E-state index in [1.165, 1.54) is 6.33 Å². The molecule has 0 aliphatic rings. The average molecular weight is 255 g/mol. The fourth-order valence-electron chi connectivity index (χ4n) is 2.01. The second kappa shape index (κ2) is 4.93. The van der Waals surface area contributed by atoms with Crippen LogP contribution in [0.3, 0.4) is 0 Å². The highest BCUT2D eigenvalue weighted by Crippen LogP contribution is 2.17. The van der Waals surface area contributed by atoms with Crippen molar-refractivity contribution in [2.24, 2.45) is 0 Å². The highest BCUT2D eigenvalue weighted by molar-refractivity contribution is 5.88. The van der Waals surface area contributed by atoms with Crippen LogP contribution in [0.2, 0.25) is 0 Å². The number of nitrogens with zero attached hydrogens (tertiary/aromatic N) is 2. The van der Waals surface area contributed by atoms with Crippen molar-refractivity contribution in [2.45, 2.75) is 13.0 Å². The SMILES string of the molecule is O=C(Cc1c[nH]c2ccccc12)NCc1ncn[nH]1. The van der Waals surface area contributed by atoms with Crippen molar-refractivity contribution in [1.82, 2.24) is 25.5 Å². The zero-order chi connectivity index (χ0) is 13.1. The number of hydrogen-bond donors (Lipinski definition) is 3. The van der Waals surface area contributed by atoms with Gasteiger partial charge in [-0.3, -0.25) is 9.89 Å². The number of para-hydroxylation sites is 1. The van der Waals surface area contributed by atoms with Gasteiger partial charge in [-0.15, -0.1) is 0 Å². The van der Waals surface area contributed by atoms with Gasteiger partial charge in [0.25, 0.3) is 0 Å². The fourth-order valence-corrected chi connectivity index (χ4v) is 2.01. The molecule has 0 aliphatic heterocycles. The van der Waals surface area contributed by atoms with Gasteiger partial charge < -0.3 is 10.3 Å². The third-order valence-electron chi connectivity index (χ3n) is 2.94. The van der Waals surface area contributed by atoms with E-state index in [2.05, 4.69) is 25.5 Å². The Balaban J connectivity index is 1.66. The number of benzene rings is 1. The average Bonchev–Trinajstić information content (AvgIpc) is 3.07. The number of aromatic nitrogens is 4. The summed E-state index contributed by atoms with van der Waals surface area (Å²) in [7, 11) is 0. The maximum absolute atomic E-state index is 11.9. The summed E-state index contributed by atoms with van der Waals surface area (Å²) in [5, 5.41) is 10.3. The molecule has 0 spiro atoms. The van der Waals surface area contributed by atoms with Gasteiger partial charge in [0, 0.05) is 17.1 Å². The van der Waals surface area contributed by atoms with E-state index in [-0.39, 0.29) is 5.91 Å². The zero-order valence-corrected chi connectivity index (χ0v) is 10.2. The van der Waals surface area contributed by atoms with E-state index in [1.54, 1.807) is 0 Å². The van der Waals surface area contributed by atoms with Gasteiger partial charge in [0.05, 0.1) is 13.0 Å². The van der Waals surface area contributed by atoms with Crippen LogP contribution in [0.15, 0.2) is 36.8 Å². The molecule has 3 aromatic rings. The molecule has 2 aromatic heterocycles. The highest BCUT2D eigenvalue weighted by Gasteiger charge is 2.08. The second-order valence-electron chi connectivity index (χ2n) is 4.25. The van der Waals surface area contributed by atoms with Crippen molar-refractivity contribution in [3.63, 3.8) is 0 Å². The van der Waals surface area contributed by atoms with E-state index in [0.29, 0.717) is 18.8 Å². The van der Waals surface area contributed by atoms with E-state index in [1.807, 2.05) is 30.5 Å². The molecule has 1 aromatic carbocycles. The molecular formula is C13H13N5O. The van der Waals surface area contributed by atoms with Crippen LogP contribution in [0, 0.1) is 0 Å². The molecule has 0 saturated heterocycles. The first kappa shape index (κ1) is 11.5. The lowest BCUT2D eigenvalue weighted by molar-refractivity contribution is -0.120. The van der Waals surface area contributed by atoms with Crippen molar-refractivity contribution in [1.29, 1.82) is 0 Å². The standard InChI is InChI=1S/C13H13N5O/c19-13(15-7-12-16-8-17-18-12)5-9-6-14-11-4-2-1-3-10(9)11/h1-4,6,8,14H,5,7H2,(H,15,19)(H,16,17,18). The molecule has 1 amide bonds. The van der Waals surface area contributed by atoms with Crippen molar-refractivity contribution < 1.29 is 4.79 Å². The lowest BCUT2D eigenvalue weighted by atomic mass is 10.1. The largest absolute Gasteiger partial charge is 0.361 e. The lowest BCUT2D eigenvalue weighted by Gasteiger charge is -2.02. The van der Waals surface area contributed by atoms with Gasteiger partial charge in [-0.05, 0) is 11.6 Å². The number of rotatable bonds is 4. The van der Waals surface area contributed by atoms with Crippen LogP contribution in [0.5, 0.6) is 0 Å². The van der Waals surface area contributed by atoms with Crippen molar-refractivity contribution in [3.05, 3.63) is 48.2 Å². The molecule has 0 unspecified atom stereocenters. The number of aromatic amines is 2. The van der Waals surface area contributed by atoms with Crippen LogP contribution in [0.1, 0.15) is 11.4 Å². The maximum atomic E-state index is 11.9. The van der Waals surface area contributed by atoms with Gasteiger partial charge in [0.2, 0.25) is 5.91 Å². The molecule has 3 N–H and O–H groups in total. The fraction of sp³-hybridized carbons (Fsp3) is 0.154. The predicted molar refractivity (Wildman–Crippen MR) is 70.2 cm³/mol. The molecule has 0 bridgehead atoms. The Morgan fingerprint density at radius 3 is 3.05 bits per heavy atom. The van der Waals surface area contributed by atoms with Gasteiger partial charge in [0.1, 0.15) is 12.2 Å². The van der Waals surface area contributed by atoms with Gasteiger partial charge in [-0.1, -0.05) is 18.2 Å². The molecule has 0 radical (unpaired) electrons. The van der Waals surface area contributed by atoms with Crippen molar-refractivity contribution in [2.75, 3.05) is 0 Å². The van der Waals surface area contributed by atoms with Crippen LogP contribution in [0.4, 0.5) is 0 Å². The Kier molecular flexibility index (Phi) is 2.97. The number of amides is 1. The highest BCUT2D eigenvalue weighted by atomic mass is 16.1. The van der Waals surface area contributed by atoms with Crippen LogP contribution < -0.4 is 5.32 Å². The van der Waals surface area contributed by atoms with E-state index in [4.69, 9.17) is 0 Å². The molecule has 6 nitrogen and oxygen atoms in total. The Labute approximate surface area is 109 Å². The van der Waals surface area contributed by atoms with Gasteiger partial charge in [0.15, 0.2) is 0 Å². The third kappa shape index (κ3) is 2.47. The van der Waals surface area contributed by atoms with Crippen LogP contribution in [0.25, 0.3) is 10.9 Å². The molecule has 0 saturated carbocycles. The number of nitrogens with one attached hydrogen (secondary N) is 3. The van der Waals surface area contributed by atoms with E-state index < -0.39 is 0 Å². The van der Waals surface area contributed by atoms with Crippen LogP contribution in [-0.2, 0) is 17.8 Å². The number of fused-ring (bicyclic) bond motifs is 1. The number of H-pyrrole nitrogens is 2. The predicted octanol–water partition coefficient (Wildman–Crippen LogP) is 1.14. The number of hydrogen-bond acceptors (Lipinski definition) is 3. The summed E-state index contributed by atoms with van der Waals surface area (Å²) >= 11 is 0. The number of carbonyl (C=O) groups is 1. The second-order valence-corrected chi connectivity index (χ2v) is 4.25. The third-order valence-corrected chi connectivity index (χ3v) is 2.94. The summed E-state index contributed by atoms with van der Waals surface area (Å²) in [5.41, 5.74) is 2.03. The van der Waals surface area contributed by atoms with E-state index in [9.17, 15) is 4.79 Å². The molecule has 2 heterocycles. The quantitative estimate of drug-likeness (QED) is 0.653. The molecular weight excluding hydrogens is 242 g/mol. The van der Waals surface area contributed by atoms with Crippen molar-refractivity contribution >= 4 is 16.8 Å². The molecule has 0 aliphatic carbocycles. The normalized spacial score (nSPS) is 10.7. The van der Waals surface area contributed by atoms with Crippen LogP contribution >= 0.6 is 0 Å². The molecule has 0 fully saturated rings. The van der Waals surface area contributed by atoms with E-state index >= 15 is 0 Å². The monoisotopic (exact) mass is 255 g/mol. The summed E-state index contributed by atoms with van der Waals surface area (Å²) in [6, 6.07) is 7.93. The first-order chi connectivity index (χ1) is 9.33. The molecule has 0 atom stereocenters. The summed E-state index contributed by atoms with van der Waals surface area (Å²) < 4.78 is 0. The smallest absolute Gasteiger partial charge is 0.224 e. The molecule has 6 heteroatoms. The molecule has 96 valence electrons. The number of carbonyl (C=O) groups excluding carboxylic acids is 1. The molecule has 3 rings (SSSR count). The Morgan fingerprint density at radius 2 is 2.21 bits per heavy atom. The van der Waals surface area contributed by atoms with Gasteiger partial charge >= 0.3 is 0 Å². The Bertz CT molecular complexity index is 686. The minimum Gasteiger partial charge on any atom is -0.361 e. The minimum absolute atomic E-state index is 0.0406. The topological polar surface area (TPSA) is 86.5 Å². The first-order valence-electron chi connectivity index (χ1n) is 5.99. The van der Waals surface area contributed by atoms with Crippen molar-refractivity contribution in [3.8, 4) is 0 Å². The zero-order valence-electron chi connectivity index (χ0n) is 10.2. The first-order valence-corrected chi connectivity index (χ1v) is 5.99. The van der Waals surface area contributed by atoms with Gasteiger partial charge in [-0.25, -0.2) is 4.98 Å². The minimum atomic E-state index is -0.0406. The van der Waals surface area contributed by atoms with E-state index in [0.717, 1.165) is 16.5 Å². The van der Waals surface area contributed by atoms with Crippen LogP contribution in [-0.4, -0.2) is 26.1 Å².